The largest absolute Gasteiger partial charge is 0.497 e. The number of carbonyl (C=O) groups excluding carboxylic acids is 1. The molecule has 6 nitrogen and oxygen atoms in total. The minimum absolute atomic E-state index is 0.0729. The van der Waals surface area contributed by atoms with Gasteiger partial charge in [0.25, 0.3) is 0 Å². The van der Waals surface area contributed by atoms with Crippen LogP contribution < -0.4 is 15.0 Å². The first-order valence-corrected chi connectivity index (χ1v) is 8.56. The lowest BCUT2D eigenvalue weighted by Crippen LogP contribution is -2.39. The Hall–Kier alpha value is -2.63. The third kappa shape index (κ3) is 4.47. The lowest BCUT2D eigenvalue weighted by atomic mass is 10.1. The van der Waals surface area contributed by atoms with Gasteiger partial charge in [0.1, 0.15) is 11.5 Å². The summed E-state index contributed by atoms with van der Waals surface area (Å²) in [5, 5.41) is 3.03. The first-order valence-electron chi connectivity index (χ1n) is 8.56. The molecular formula is C19H25N3O3. The second-order valence-corrected chi connectivity index (χ2v) is 6.42. The quantitative estimate of drug-likeness (QED) is 0.876. The molecule has 0 aliphatic carbocycles. The standard InChI is InChI=1S/C19H25N3O3/c1-21(14-18-7-4-10-25-18)19(23)20-12-15-8-9-22(13-15)16-5-3-6-17(11-16)24-2/h3-7,10-11,15H,8-9,12-14H2,1-2H3,(H,20,23)/t15-/m1/s1. The van der Waals surface area contributed by atoms with Gasteiger partial charge in [-0.05, 0) is 36.6 Å². The van der Waals surface area contributed by atoms with Crippen molar-refractivity contribution < 1.29 is 13.9 Å². The minimum Gasteiger partial charge on any atom is -0.497 e. The van der Waals surface area contributed by atoms with Crippen molar-refractivity contribution in [1.82, 2.24) is 10.2 Å². The predicted octanol–water partition coefficient (Wildman–Crippen LogP) is 2.96. The van der Waals surface area contributed by atoms with Crippen LogP contribution >= 0.6 is 0 Å². The van der Waals surface area contributed by atoms with Crippen molar-refractivity contribution >= 4 is 11.7 Å². The summed E-state index contributed by atoms with van der Waals surface area (Å²) in [6, 6.07) is 11.7. The lowest BCUT2D eigenvalue weighted by molar-refractivity contribution is 0.201. The maximum atomic E-state index is 12.2. The Morgan fingerprint density at radius 1 is 1.40 bits per heavy atom. The van der Waals surface area contributed by atoms with Crippen LogP contribution in [0.4, 0.5) is 10.5 Å². The maximum absolute atomic E-state index is 12.2. The second-order valence-electron chi connectivity index (χ2n) is 6.42. The number of benzene rings is 1. The minimum atomic E-state index is -0.0729. The molecule has 1 saturated heterocycles. The second kappa shape index (κ2) is 7.96. The van der Waals surface area contributed by atoms with Crippen molar-refractivity contribution in [3.05, 3.63) is 48.4 Å². The van der Waals surface area contributed by atoms with Crippen LogP contribution in [0.2, 0.25) is 0 Å². The Morgan fingerprint density at radius 2 is 2.28 bits per heavy atom. The van der Waals surface area contributed by atoms with E-state index in [1.807, 2.05) is 24.3 Å². The van der Waals surface area contributed by atoms with Crippen molar-refractivity contribution in [3.63, 3.8) is 0 Å². The molecule has 0 saturated carbocycles. The van der Waals surface area contributed by atoms with Gasteiger partial charge in [-0.15, -0.1) is 0 Å². The van der Waals surface area contributed by atoms with Crippen LogP contribution in [-0.2, 0) is 6.54 Å². The van der Waals surface area contributed by atoms with E-state index < -0.39 is 0 Å². The highest BCUT2D eigenvalue weighted by molar-refractivity contribution is 5.73. The number of rotatable bonds is 6. The molecule has 1 aromatic carbocycles. The van der Waals surface area contributed by atoms with Crippen molar-refractivity contribution in [2.75, 3.05) is 38.7 Å². The number of nitrogens with zero attached hydrogens (tertiary/aromatic N) is 2. The van der Waals surface area contributed by atoms with E-state index in [9.17, 15) is 4.79 Å². The van der Waals surface area contributed by atoms with Gasteiger partial charge in [-0.2, -0.15) is 0 Å². The van der Waals surface area contributed by atoms with Crippen LogP contribution in [0.1, 0.15) is 12.2 Å². The first-order chi connectivity index (χ1) is 12.2. The summed E-state index contributed by atoms with van der Waals surface area (Å²) in [6.07, 6.45) is 2.69. The average molecular weight is 343 g/mol. The molecule has 0 spiro atoms. The number of hydrogen-bond donors (Lipinski definition) is 1. The number of hydrogen-bond acceptors (Lipinski definition) is 4. The van der Waals surface area contributed by atoms with E-state index >= 15 is 0 Å². The van der Waals surface area contributed by atoms with E-state index in [4.69, 9.17) is 9.15 Å². The Morgan fingerprint density at radius 3 is 3.04 bits per heavy atom. The topological polar surface area (TPSA) is 58.0 Å². The van der Waals surface area contributed by atoms with Gasteiger partial charge in [-0.3, -0.25) is 0 Å². The number of nitrogens with one attached hydrogen (secondary N) is 1. The number of methoxy groups -OCH3 is 1. The van der Waals surface area contributed by atoms with Crippen LogP contribution in [0.25, 0.3) is 0 Å². The highest BCUT2D eigenvalue weighted by Gasteiger charge is 2.24. The van der Waals surface area contributed by atoms with Crippen LogP contribution in [0.15, 0.2) is 47.1 Å². The fraction of sp³-hybridized carbons (Fsp3) is 0.421. The Balaban J connectivity index is 1.45. The molecule has 2 aromatic rings. The summed E-state index contributed by atoms with van der Waals surface area (Å²) < 4.78 is 10.6. The SMILES string of the molecule is COc1cccc(N2CC[C@H](CNC(=O)N(C)Cc3ccco3)C2)c1. The molecule has 134 valence electrons. The molecule has 0 unspecified atom stereocenters. The molecular weight excluding hydrogens is 318 g/mol. The third-order valence-corrected chi connectivity index (χ3v) is 4.57. The zero-order valence-corrected chi connectivity index (χ0v) is 14.8. The van der Waals surface area contributed by atoms with E-state index in [0.29, 0.717) is 19.0 Å². The number of urea groups is 1. The number of anilines is 1. The van der Waals surface area contributed by atoms with Gasteiger partial charge >= 0.3 is 6.03 Å². The molecule has 1 N–H and O–H groups in total. The fourth-order valence-corrected chi connectivity index (χ4v) is 3.12. The van der Waals surface area contributed by atoms with Gasteiger partial charge in [-0.25, -0.2) is 4.79 Å². The summed E-state index contributed by atoms with van der Waals surface area (Å²) in [5.74, 6) is 2.10. The van der Waals surface area contributed by atoms with Crippen LogP contribution in [-0.4, -0.2) is 44.7 Å². The Kier molecular flexibility index (Phi) is 5.48. The molecule has 0 radical (unpaired) electrons. The van der Waals surface area contributed by atoms with Gasteiger partial charge in [0.15, 0.2) is 0 Å². The van der Waals surface area contributed by atoms with Crippen molar-refractivity contribution in [3.8, 4) is 5.75 Å². The zero-order valence-electron chi connectivity index (χ0n) is 14.8. The summed E-state index contributed by atoms with van der Waals surface area (Å²) in [4.78, 5) is 16.2. The van der Waals surface area contributed by atoms with Crippen molar-refractivity contribution in [2.45, 2.75) is 13.0 Å². The van der Waals surface area contributed by atoms with Crippen molar-refractivity contribution in [1.29, 1.82) is 0 Å². The van der Waals surface area contributed by atoms with Crippen LogP contribution in [0.3, 0.4) is 0 Å². The molecule has 25 heavy (non-hydrogen) atoms. The smallest absolute Gasteiger partial charge is 0.317 e. The Labute approximate surface area is 148 Å². The van der Waals surface area contributed by atoms with E-state index in [1.165, 1.54) is 5.69 Å². The molecule has 1 fully saturated rings. The maximum Gasteiger partial charge on any atom is 0.317 e. The molecule has 0 bridgehead atoms. The molecule has 2 heterocycles. The molecule has 3 rings (SSSR count). The van der Waals surface area contributed by atoms with Gasteiger partial charge in [0.2, 0.25) is 0 Å². The first kappa shape index (κ1) is 17.2. The van der Waals surface area contributed by atoms with Gasteiger partial charge in [0.05, 0.1) is 19.9 Å². The third-order valence-electron chi connectivity index (χ3n) is 4.57. The molecule has 1 aliphatic rings. The molecule has 1 aliphatic heterocycles. The van der Waals surface area contributed by atoms with Gasteiger partial charge in [-0.1, -0.05) is 6.07 Å². The lowest BCUT2D eigenvalue weighted by Gasteiger charge is -2.20. The summed E-state index contributed by atoms with van der Waals surface area (Å²) in [5.41, 5.74) is 1.17. The Bertz CT molecular complexity index is 687. The fourth-order valence-electron chi connectivity index (χ4n) is 3.12. The molecule has 1 aromatic heterocycles. The highest BCUT2D eigenvalue weighted by Crippen LogP contribution is 2.26. The van der Waals surface area contributed by atoms with E-state index in [2.05, 4.69) is 22.3 Å². The monoisotopic (exact) mass is 343 g/mol. The average Bonchev–Trinajstić information content (AvgIpc) is 3.31. The molecule has 1 atom stereocenters. The number of furan rings is 1. The highest BCUT2D eigenvalue weighted by atomic mass is 16.5. The molecule has 2 amide bonds. The number of carbonyl (C=O) groups is 1. The number of amides is 2. The van der Waals surface area contributed by atoms with E-state index in [1.54, 1.807) is 25.3 Å². The van der Waals surface area contributed by atoms with Crippen LogP contribution in [0.5, 0.6) is 5.75 Å². The summed E-state index contributed by atoms with van der Waals surface area (Å²) in [7, 11) is 3.45. The van der Waals surface area contributed by atoms with E-state index in [0.717, 1.165) is 31.0 Å². The summed E-state index contributed by atoms with van der Waals surface area (Å²) in [6.45, 7) is 3.09. The predicted molar refractivity (Wildman–Crippen MR) is 96.9 cm³/mol. The van der Waals surface area contributed by atoms with Crippen molar-refractivity contribution in [2.24, 2.45) is 5.92 Å². The van der Waals surface area contributed by atoms with Crippen LogP contribution in [0, 0.1) is 5.92 Å². The molecule has 6 heteroatoms. The van der Waals surface area contributed by atoms with E-state index in [-0.39, 0.29) is 6.03 Å². The normalized spacial score (nSPS) is 16.7. The van der Waals surface area contributed by atoms with Gasteiger partial charge < -0.3 is 24.3 Å². The number of ether oxygens (including phenoxy) is 1. The summed E-state index contributed by atoms with van der Waals surface area (Å²) >= 11 is 0. The zero-order chi connectivity index (χ0) is 17.6. The van der Waals surface area contributed by atoms with Gasteiger partial charge in [0, 0.05) is 38.4 Å².